The third-order valence-electron chi connectivity index (χ3n) is 5.95. The maximum absolute atomic E-state index is 11.1. The molecule has 1 aliphatic carbocycles. The molecular weight excluding hydrogens is 328 g/mol. The average molecular weight is 367 g/mol. The largest absolute Gasteiger partial charge is 0.469 e. The van der Waals surface area contributed by atoms with Gasteiger partial charge in [-0.15, -0.1) is 0 Å². The number of hydrogen-bond donors (Lipinski definition) is 2. The van der Waals surface area contributed by atoms with E-state index in [4.69, 9.17) is 0 Å². The Morgan fingerprint density at radius 1 is 1.04 bits per heavy atom. The zero-order chi connectivity index (χ0) is 18.7. The van der Waals surface area contributed by atoms with Crippen molar-refractivity contribution >= 4 is 11.9 Å². The highest BCUT2D eigenvalue weighted by Crippen LogP contribution is 2.35. The number of aliphatic imine (C=N–C) groups is 1. The fraction of sp³-hybridized carbons (Fsp3) is 0.900. The van der Waals surface area contributed by atoms with Gasteiger partial charge >= 0.3 is 5.97 Å². The number of piperidine rings is 1. The van der Waals surface area contributed by atoms with Gasteiger partial charge in [-0.05, 0) is 51.6 Å². The lowest BCUT2D eigenvalue weighted by molar-refractivity contribution is -0.140. The van der Waals surface area contributed by atoms with Crippen molar-refractivity contribution in [1.82, 2.24) is 15.5 Å². The van der Waals surface area contributed by atoms with Crippen molar-refractivity contribution in [3.8, 4) is 0 Å². The quantitative estimate of drug-likeness (QED) is 0.299. The Bertz CT molecular complexity index is 441. The van der Waals surface area contributed by atoms with Gasteiger partial charge in [0.2, 0.25) is 0 Å². The predicted octanol–water partition coefficient (Wildman–Crippen LogP) is 2.68. The third-order valence-corrected chi connectivity index (χ3v) is 5.95. The molecule has 2 fully saturated rings. The van der Waals surface area contributed by atoms with E-state index < -0.39 is 0 Å². The van der Waals surface area contributed by atoms with E-state index in [-0.39, 0.29) is 5.97 Å². The summed E-state index contributed by atoms with van der Waals surface area (Å²) in [5.41, 5.74) is 0.307. The number of guanidine groups is 1. The van der Waals surface area contributed by atoms with Crippen LogP contribution in [0.5, 0.6) is 0 Å². The number of nitrogens with zero attached hydrogens (tertiary/aromatic N) is 2. The molecule has 6 heteroatoms. The lowest BCUT2D eigenvalue weighted by atomic mass is 9.79. The number of hydrogen-bond acceptors (Lipinski definition) is 4. The van der Waals surface area contributed by atoms with Gasteiger partial charge < -0.3 is 15.4 Å². The fourth-order valence-corrected chi connectivity index (χ4v) is 4.36. The molecule has 0 aromatic carbocycles. The topological polar surface area (TPSA) is 66.0 Å². The van der Waals surface area contributed by atoms with Gasteiger partial charge in [-0.1, -0.05) is 25.7 Å². The third kappa shape index (κ3) is 6.45. The van der Waals surface area contributed by atoms with E-state index in [0.717, 1.165) is 31.9 Å². The second kappa shape index (κ2) is 11.4. The van der Waals surface area contributed by atoms with E-state index in [1.54, 1.807) is 0 Å². The molecule has 1 saturated carbocycles. The molecule has 2 N–H and O–H groups in total. The van der Waals surface area contributed by atoms with Gasteiger partial charge in [-0.3, -0.25) is 14.7 Å². The van der Waals surface area contributed by atoms with Crippen LogP contribution >= 0.6 is 0 Å². The molecule has 0 aromatic rings. The fourth-order valence-electron chi connectivity index (χ4n) is 4.36. The molecule has 0 bridgehead atoms. The SMILES string of the molecule is CN=C(NCCCCC(=O)OC)NCC1(N2CCCCC2)CCCCC1. The molecule has 26 heavy (non-hydrogen) atoms. The molecule has 0 unspecified atom stereocenters. The Morgan fingerprint density at radius 3 is 2.38 bits per heavy atom. The van der Waals surface area contributed by atoms with Gasteiger partial charge in [0, 0.05) is 32.1 Å². The van der Waals surface area contributed by atoms with Gasteiger partial charge in [0.15, 0.2) is 5.96 Å². The molecule has 0 spiro atoms. The lowest BCUT2D eigenvalue weighted by Gasteiger charge is -2.48. The number of unbranched alkanes of at least 4 members (excludes halogenated alkanes) is 1. The van der Waals surface area contributed by atoms with Crippen LogP contribution in [0.2, 0.25) is 0 Å². The normalized spacial score (nSPS) is 21.2. The number of methoxy groups -OCH3 is 1. The van der Waals surface area contributed by atoms with Crippen LogP contribution in [0, 0.1) is 0 Å². The Morgan fingerprint density at radius 2 is 1.73 bits per heavy atom. The summed E-state index contributed by atoms with van der Waals surface area (Å²) in [7, 11) is 3.27. The molecule has 1 aliphatic heterocycles. The Hall–Kier alpha value is -1.30. The number of ether oxygens (including phenoxy) is 1. The molecule has 2 aliphatic rings. The number of carbonyl (C=O) groups excluding carboxylic acids is 1. The van der Waals surface area contributed by atoms with E-state index in [9.17, 15) is 4.79 Å². The lowest BCUT2D eigenvalue weighted by Crippen LogP contribution is -2.59. The second-order valence-corrected chi connectivity index (χ2v) is 7.72. The summed E-state index contributed by atoms with van der Waals surface area (Å²) in [6.07, 6.45) is 13.0. The van der Waals surface area contributed by atoms with Crippen molar-refractivity contribution in [2.75, 3.05) is 40.3 Å². The highest BCUT2D eigenvalue weighted by Gasteiger charge is 2.38. The maximum atomic E-state index is 11.1. The van der Waals surface area contributed by atoms with Crippen LogP contribution in [-0.2, 0) is 9.53 Å². The minimum atomic E-state index is -0.131. The molecule has 1 saturated heterocycles. The summed E-state index contributed by atoms with van der Waals surface area (Å²) in [4.78, 5) is 18.3. The van der Waals surface area contributed by atoms with Crippen molar-refractivity contribution in [3.05, 3.63) is 0 Å². The van der Waals surface area contributed by atoms with Gasteiger partial charge in [0.1, 0.15) is 0 Å². The standard InChI is InChI=1S/C20H38N4O2/c1-21-19(22-14-8-5-11-18(25)26-2)23-17-20(12-6-3-7-13-20)24-15-9-4-10-16-24/h3-17H2,1-2H3,(H2,21,22,23). The summed E-state index contributed by atoms with van der Waals surface area (Å²) in [6.45, 7) is 4.31. The van der Waals surface area contributed by atoms with Crippen molar-refractivity contribution in [2.24, 2.45) is 4.99 Å². The molecular formula is C20H38N4O2. The highest BCUT2D eigenvalue weighted by molar-refractivity contribution is 5.79. The smallest absolute Gasteiger partial charge is 0.305 e. The zero-order valence-electron chi connectivity index (χ0n) is 16.8. The number of nitrogens with one attached hydrogen (secondary N) is 2. The second-order valence-electron chi connectivity index (χ2n) is 7.72. The first kappa shape index (κ1) is 21.0. The van der Waals surface area contributed by atoms with Crippen LogP contribution in [0.1, 0.15) is 70.6 Å². The molecule has 0 atom stereocenters. The first-order valence-corrected chi connectivity index (χ1v) is 10.5. The van der Waals surface area contributed by atoms with Crippen LogP contribution in [0.3, 0.4) is 0 Å². The summed E-state index contributed by atoms with van der Waals surface area (Å²) < 4.78 is 4.67. The minimum absolute atomic E-state index is 0.131. The highest BCUT2D eigenvalue weighted by atomic mass is 16.5. The van der Waals surface area contributed by atoms with Crippen molar-refractivity contribution in [2.45, 2.75) is 76.2 Å². The molecule has 1 heterocycles. The van der Waals surface area contributed by atoms with E-state index in [1.807, 2.05) is 7.05 Å². The van der Waals surface area contributed by atoms with E-state index >= 15 is 0 Å². The van der Waals surface area contributed by atoms with Crippen molar-refractivity contribution in [1.29, 1.82) is 0 Å². The summed E-state index contributed by atoms with van der Waals surface area (Å²) in [6, 6.07) is 0. The zero-order valence-corrected chi connectivity index (χ0v) is 16.8. The molecule has 0 aromatic heterocycles. The van der Waals surface area contributed by atoms with Crippen LogP contribution < -0.4 is 10.6 Å². The van der Waals surface area contributed by atoms with Crippen LogP contribution in [0.25, 0.3) is 0 Å². The average Bonchev–Trinajstić information content (AvgIpc) is 2.71. The molecule has 6 nitrogen and oxygen atoms in total. The number of likely N-dealkylation sites (tertiary alicyclic amines) is 1. The number of rotatable bonds is 8. The first-order valence-electron chi connectivity index (χ1n) is 10.5. The molecule has 2 rings (SSSR count). The van der Waals surface area contributed by atoms with Gasteiger partial charge in [-0.25, -0.2) is 0 Å². The number of esters is 1. The Labute approximate surface area is 159 Å². The Balaban J connectivity index is 1.77. The first-order chi connectivity index (χ1) is 12.7. The maximum Gasteiger partial charge on any atom is 0.305 e. The summed E-state index contributed by atoms with van der Waals surface area (Å²) in [5.74, 6) is 0.748. The Kier molecular flexibility index (Phi) is 9.23. The minimum Gasteiger partial charge on any atom is -0.469 e. The van der Waals surface area contributed by atoms with Crippen molar-refractivity contribution in [3.63, 3.8) is 0 Å². The molecule has 0 radical (unpaired) electrons. The predicted molar refractivity (Wildman–Crippen MR) is 106 cm³/mol. The van der Waals surface area contributed by atoms with E-state index in [0.29, 0.717) is 12.0 Å². The van der Waals surface area contributed by atoms with Gasteiger partial charge in [0.25, 0.3) is 0 Å². The molecule has 0 amide bonds. The van der Waals surface area contributed by atoms with Gasteiger partial charge in [0.05, 0.1) is 7.11 Å². The molecule has 150 valence electrons. The summed E-state index contributed by atoms with van der Waals surface area (Å²) in [5, 5.41) is 6.98. The van der Waals surface area contributed by atoms with E-state index in [2.05, 4.69) is 25.3 Å². The van der Waals surface area contributed by atoms with Gasteiger partial charge in [-0.2, -0.15) is 0 Å². The number of carbonyl (C=O) groups is 1. The van der Waals surface area contributed by atoms with Crippen molar-refractivity contribution < 1.29 is 9.53 Å². The van der Waals surface area contributed by atoms with E-state index in [1.165, 1.54) is 71.6 Å². The monoisotopic (exact) mass is 366 g/mol. The van der Waals surface area contributed by atoms with Crippen LogP contribution in [0.4, 0.5) is 0 Å². The summed E-state index contributed by atoms with van der Waals surface area (Å²) >= 11 is 0. The van der Waals surface area contributed by atoms with Crippen LogP contribution in [0.15, 0.2) is 4.99 Å². The van der Waals surface area contributed by atoms with Crippen LogP contribution in [-0.4, -0.2) is 62.7 Å².